The zero-order valence-corrected chi connectivity index (χ0v) is 12.1. The van der Waals surface area contributed by atoms with Crippen LogP contribution in [0.25, 0.3) is 28.8 Å². The van der Waals surface area contributed by atoms with Crippen LogP contribution in [0.4, 0.5) is 0 Å². The van der Waals surface area contributed by atoms with Crippen molar-refractivity contribution in [2.45, 2.75) is 6.92 Å². The lowest BCUT2D eigenvalue weighted by Gasteiger charge is -2.02. The van der Waals surface area contributed by atoms with Gasteiger partial charge in [0.1, 0.15) is 11.6 Å². The number of H-pyrrole nitrogens is 1. The Labute approximate surface area is 124 Å². The van der Waals surface area contributed by atoms with E-state index >= 15 is 0 Å². The van der Waals surface area contributed by atoms with Gasteiger partial charge in [0, 0.05) is 18.8 Å². The Hall–Kier alpha value is -3.09. The highest BCUT2D eigenvalue weighted by molar-refractivity contribution is 5.77. The van der Waals surface area contributed by atoms with Crippen molar-refractivity contribution in [3.8, 4) is 17.1 Å². The molecule has 0 saturated carbocycles. The lowest BCUT2D eigenvalue weighted by atomic mass is 10.2. The highest BCUT2D eigenvalue weighted by atomic mass is 16.3. The SMILES string of the molecule is C/C=C/n1c(=O)n(C)c(=O)c2[nH]c(-c3ccc(O)cc3)nc21. The molecule has 7 nitrogen and oxygen atoms in total. The summed E-state index contributed by atoms with van der Waals surface area (Å²) >= 11 is 0. The number of rotatable bonds is 2. The van der Waals surface area contributed by atoms with E-state index in [4.69, 9.17) is 0 Å². The van der Waals surface area contributed by atoms with Gasteiger partial charge >= 0.3 is 5.69 Å². The number of allylic oxidation sites excluding steroid dienone is 1. The zero-order valence-electron chi connectivity index (χ0n) is 12.1. The van der Waals surface area contributed by atoms with Crippen molar-refractivity contribution in [3.05, 3.63) is 51.2 Å². The number of aromatic nitrogens is 4. The monoisotopic (exact) mass is 298 g/mol. The Bertz CT molecular complexity index is 991. The van der Waals surface area contributed by atoms with Crippen molar-refractivity contribution in [3.63, 3.8) is 0 Å². The first-order chi connectivity index (χ1) is 10.5. The summed E-state index contributed by atoms with van der Waals surface area (Å²) in [5, 5.41) is 9.34. The number of aromatic amines is 1. The molecule has 3 aromatic rings. The van der Waals surface area contributed by atoms with Gasteiger partial charge in [-0.05, 0) is 31.2 Å². The maximum atomic E-state index is 12.2. The molecule has 0 aliphatic heterocycles. The first kappa shape index (κ1) is 13.9. The second kappa shape index (κ2) is 5.03. The molecule has 0 amide bonds. The number of nitrogens with zero attached hydrogens (tertiary/aromatic N) is 3. The first-order valence-electron chi connectivity index (χ1n) is 6.66. The molecule has 0 aliphatic rings. The second-order valence-electron chi connectivity index (χ2n) is 4.83. The minimum Gasteiger partial charge on any atom is -0.508 e. The Balaban J connectivity index is 2.36. The Morgan fingerprint density at radius 2 is 1.91 bits per heavy atom. The summed E-state index contributed by atoms with van der Waals surface area (Å²) in [5.41, 5.74) is 0.339. The second-order valence-corrected chi connectivity index (χ2v) is 4.83. The number of hydrogen-bond donors (Lipinski definition) is 2. The highest BCUT2D eigenvalue weighted by Crippen LogP contribution is 2.20. The highest BCUT2D eigenvalue weighted by Gasteiger charge is 2.15. The number of phenolic OH excluding ortho intramolecular Hbond substituents is 1. The third kappa shape index (κ3) is 2.03. The molecule has 2 N–H and O–H groups in total. The van der Waals surface area contributed by atoms with Crippen molar-refractivity contribution in [2.75, 3.05) is 0 Å². The Morgan fingerprint density at radius 1 is 1.23 bits per heavy atom. The summed E-state index contributed by atoms with van der Waals surface area (Å²) in [5.74, 6) is 0.595. The largest absolute Gasteiger partial charge is 0.508 e. The number of benzene rings is 1. The Kier molecular flexibility index (Phi) is 3.17. The van der Waals surface area contributed by atoms with Crippen LogP contribution in [-0.4, -0.2) is 24.2 Å². The zero-order chi connectivity index (χ0) is 15.9. The molecular formula is C15H14N4O3. The third-order valence-electron chi connectivity index (χ3n) is 3.36. The minimum atomic E-state index is -0.459. The van der Waals surface area contributed by atoms with Crippen LogP contribution >= 0.6 is 0 Å². The minimum absolute atomic E-state index is 0.140. The fraction of sp³-hybridized carbons (Fsp3) is 0.133. The van der Waals surface area contributed by atoms with E-state index in [1.807, 2.05) is 0 Å². The summed E-state index contributed by atoms with van der Waals surface area (Å²) < 4.78 is 2.35. The van der Waals surface area contributed by atoms with Crippen LogP contribution < -0.4 is 11.2 Å². The molecule has 0 radical (unpaired) electrons. The number of phenols is 1. The molecule has 0 fully saturated rings. The van der Waals surface area contributed by atoms with Crippen LogP contribution in [-0.2, 0) is 7.05 Å². The van der Waals surface area contributed by atoms with Crippen molar-refractivity contribution in [1.29, 1.82) is 0 Å². The van der Waals surface area contributed by atoms with Crippen LogP contribution in [0.5, 0.6) is 5.75 Å². The van der Waals surface area contributed by atoms with Gasteiger partial charge in [0.05, 0.1) is 0 Å². The van der Waals surface area contributed by atoms with Gasteiger partial charge in [0.2, 0.25) is 0 Å². The summed E-state index contributed by atoms with van der Waals surface area (Å²) in [4.78, 5) is 31.7. The molecule has 1 aromatic carbocycles. The fourth-order valence-corrected chi connectivity index (χ4v) is 2.23. The summed E-state index contributed by atoms with van der Waals surface area (Å²) in [6, 6.07) is 6.41. The lowest BCUT2D eigenvalue weighted by molar-refractivity contribution is 0.475. The predicted molar refractivity (Wildman–Crippen MR) is 83.7 cm³/mol. The molecule has 0 atom stereocenters. The van der Waals surface area contributed by atoms with Gasteiger partial charge < -0.3 is 10.1 Å². The first-order valence-corrected chi connectivity index (χ1v) is 6.66. The van der Waals surface area contributed by atoms with Gasteiger partial charge in [-0.15, -0.1) is 0 Å². The average Bonchev–Trinajstić information content (AvgIpc) is 2.95. The van der Waals surface area contributed by atoms with Gasteiger partial charge in [0.15, 0.2) is 11.2 Å². The molecule has 3 rings (SSSR count). The molecule has 2 heterocycles. The van der Waals surface area contributed by atoms with Crippen LogP contribution in [0.3, 0.4) is 0 Å². The quantitative estimate of drug-likeness (QED) is 0.745. The van der Waals surface area contributed by atoms with E-state index < -0.39 is 11.2 Å². The van der Waals surface area contributed by atoms with Crippen molar-refractivity contribution < 1.29 is 5.11 Å². The van der Waals surface area contributed by atoms with E-state index in [1.165, 1.54) is 23.7 Å². The van der Waals surface area contributed by atoms with Crippen molar-refractivity contribution in [2.24, 2.45) is 7.05 Å². The number of aromatic hydroxyl groups is 1. The molecule has 0 bridgehead atoms. The maximum absolute atomic E-state index is 12.2. The van der Waals surface area contributed by atoms with E-state index in [2.05, 4.69) is 9.97 Å². The van der Waals surface area contributed by atoms with Crippen LogP contribution in [0.2, 0.25) is 0 Å². The summed E-state index contributed by atoms with van der Waals surface area (Å²) in [7, 11) is 1.42. The Morgan fingerprint density at radius 3 is 2.55 bits per heavy atom. The standard InChI is InChI=1S/C15H14N4O3/c1-3-8-19-13-11(14(21)18(2)15(19)22)16-12(17-13)9-4-6-10(20)7-5-9/h3-8,20H,1-2H3,(H,16,17)/b8-3+. The third-order valence-corrected chi connectivity index (χ3v) is 3.36. The normalized spacial score (nSPS) is 11.5. The molecule has 7 heteroatoms. The van der Waals surface area contributed by atoms with Crippen LogP contribution in [0.1, 0.15) is 6.92 Å². The fourth-order valence-electron chi connectivity index (χ4n) is 2.23. The average molecular weight is 298 g/mol. The smallest absolute Gasteiger partial charge is 0.336 e. The van der Waals surface area contributed by atoms with Gasteiger partial charge in [-0.2, -0.15) is 0 Å². The molecular weight excluding hydrogens is 284 g/mol. The van der Waals surface area contributed by atoms with E-state index in [0.29, 0.717) is 11.4 Å². The molecule has 0 saturated heterocycles. The maximum Gasteiger partial charge on any atom is 0.336 e. The van der Waals surface area contributed by atoms with Crippen LogP contribution in [0.15, 0.2) is 39.9 Å². The van der Waals surface area contributed by atoms with Gasteiger partial charge in [-0.25, -0.2) is 9.78 Å². The lowest BCUT2D eigenvalue weighted by Crippen LogP contribution is -2.36. The van der Waals surface area contributed by atoms with Gasteiger partial charge in [-0.1, -0.05) is 6.08 Å². The van der Waals surface area contributed by atoms with E-state index in [9.17, 15) is 14.7 Å². The number of fused-ring (bicyclic) bond motifs is 1. The van der Waals surface area contributed by atoms with E-state index in [0.717, 1.165) is 4.57 Å². The molecule has 112 valence electrons. The predicted octanol–water partition coefficient (Wildman–Crippen LogP) is 1.29. The molecule has 2 aromatic heterocycles. The van der Waals surface area contributed by atoms with E-state index in [1.54, 1.807) is 31.3 Å². The topological polar surface area (TPSA) is 92.9 Å². The van der Waals surface area contributed by atoms with Crippen molar-refractivity contribution >= 4 is 17.4 Å². The molecule has 0 spiro atoms. The van der Waals surface area contributed by atoms with Crippen molar-refractivity contribution in [1.82, 2.24) is 19.1 Å². The molecule has 22 heavy (non-hydrogen) atoms. The number of hydrogen-bond acceptors (Lipinski definition) is 4. The summed E-state index contributed by atoms with van der Waals surface area (Å²) in [6.45, 7) is 1.77. The molecule has 0 aliphatic carbocycles. The molecule has 0 unspecified atom stereocenters. The van der Waals surface area contributed by atoms with Crippen LogP contribution in [0, 0.1) is 0 Å². The van der Waals surface area contributed by atoms with Gasteiger partial charge in [0.25, 0.3) is 5.56 Å². The summed E-state index contributed by atoms with van der Waals surface area (Å²) in [6.07, 6.45) is 3.26. The van der Waals surface area contributed by atoms with E-state index in [-0.39, 0.29) is 16.9 Å². The number of imidazole rings is 1. The number of nitrogens with one attached hydrogen (secondary N) is 1. The van der Waals surface area contributed by atoms with Gasteiger partial charge in [-0.3, -0.25) is 13.9 Å².